The number of carboxylic acids is 1. The highest BCUT2D eigenvalue weighted by Crippen LogP contribution is 2.33. The number of carbonyl (C=O) groups is 1. The minimum atomic E-state index is -4.22. The predicted octanol–water partition coefficient (Wildman–Crippen LogP) is 4.05. The maximum atomic E-state index is 11.7. The number of nitrogens with zero attached hydrogens (tertiary/aromatic N) is 1. The maximum Gasteiger partial charge on any atom is 0.397 e. The van der Waals surface area contributed by atoms with E-state index in [9.17, 15) is 18.3 Å². The second-order valence-corrected chi connectivity index (χ2v) is 9.46. The van der Waals surface area contributed by atoms with Crippen LogP contribution in [0.4, 0.5) is 0 Å². The Hall–Kier alpha value is -1.49. The van der Waals surface area contributed by atoms with Gasteiger partial charge in [-0.05, 0) is 41.0 Å². The molecule has 0 radical (unpaired) electrons. The number of hydrogen-bond acceptors (Lipinski definition) is 6. The monoisotopic (exact) mass is 461 g/mol. The first-order valence-electron chi connectivity index (χ1n) is 8.97. The Morgan fingerprint density at radius 1 is 1.31 bits per heavy atom. The lowest BCUT2D eigenvalue weighted by molar-refractivity contribution is -0.144. The van der Waals surface area contributed by atoms with Gasteiger partial charge in [0.25, 0.3) is 0 Å². The van der Waals surface area contributed by atoms with Gasteiger partial charge in [0.05, 0.1) is 6.61 Å². The molecule has 0 bridgehead atoms. The van der Waals surface area contributed by atoms with Gasteiger partial charge in [-0.1, -0.05) is 43.6 Å². The highest BCUT2D eigenvalue weighted by molar-refractivity contribution is 7.80. The first-order chi connectivity index (χ1) is 13.6. The van der Waals surface area contributed by atoms with E-state index in [0.717, 1.165) is 13.0 Å². The summed E-state index contributed by atoms with van der Waals surface area (Å²) in [6.07, 6.45) is 0.904. The van der Waals surface area contributed by atoms with Gasteiger partial charge in [0.2, 0.25) is 0 Å². The van der Waals surface area contributed by atoms with Crippen molar-refractivity contribution in [2.24, 2.45) is 5.92 Å². The van der Waals surface area contributed by atoms with E-state index < -0.39 is 22.4 Å². The average molecular weight is 462 g/mol. The predicted molar refractivity (Wildman–Crippen MR) is 113 cm³/mol. The molecule has 0 aliphatic carbocycles. The van der Waals surface area contributed by atoms with E-state index in [2.05, 4.69) is 15.6 Å². The fraction of sp³-hybridized carbons (Fsp3) is 0.421. The molecule has 1 aromatic carbocycles. The molecule has 29 heavy (non-hydrogen) atoms. The fourth-order valence-electron chi connectivity index (χ4n) is 2.90. The number of rotatable bonds is 6. The molecule has 0 spiro atoms. The molecule has 2 heterocycles. The van der Waals surface area contributed by atoms with Crippen molar-refractivity contribution < 1.29 is 27.1 Å². The number of benzene rings is 1. The summed E-state index contributed by atoms with van der Waals surface area (Å²) in [5, 5.41) is 12.2. The van der Waals surface area contributed by atoms with Crippen molar-refractivity contribution in [3.8, 4) is 0 Å². The molecule has 1 aliphatic heterocycles. The third-order valence-corrected chi connectivity index (χ3v) is 5.99. The molecule has 10 heteroatoms. The van der Waals surface area contributed by atoms with Crippen molar-refractivity contribution in [1.82, 2.24) is 4.90 Å². The molecule has 160 valence electrons. The van der Waals surface area contributed by atoms with Gasteiger partial charge in [0, 0.05) is 23.0 Å². The van der Waals surface area contributed by atoms with E-state index in [0.29, 0.717) is 17.1 Å². The van der Waals surface area contributed by atoms with Gasteiger partial charge in [-0.3, -0.25) is 14.2 Å². The first-order valence-corrected chi connectivity index (χ1v) is 11.6. The van der Waals surface area contributed by atoms with E-state index in [1.165, 1.54) is 10.4 Å². The van der Waals surface area contributed by atoms with Crippen molar-refractivity contribution in [3.05, 3.63) is 56.7 Å². The van der Waals surface area contributed by atoms with Gasteiger partial charge in [-0.15, -0.1) is 11.3 Å². The third-order valence-electron chi connectivity index (χ3n) is 4.19. The van der Waals surface area contributed by atoms with Gasteiger partial charge in [-0.2, -0.15) is 8.42 Å². The zero-order valence-electron chi connectivity index (χ0n) is 16.1. The Kier molecular flexibility index (Phi) is 8.62. The van der Waals surface area contributed by atoms with Gasteiger partial charge in [-0.25, -0.2) is 4.18 Å². The number of thiophene rings is 1. The summed E-state index contributed by atoms with van der Waals surface area (Å²) >= 11 is 7.92. The second-order valence-electron chi connectivity index (χ2n) is 6.96. The topological polar surface area (TPSA) is 104 Å². The number of fused-ring (bicyclic) bond motifs is 1. The molecule has 0 amide bonds. The van der Waals surface area contributed by atoms with Crippen LogP contribution < -0.4 is 0 Å². The van der Waals surface area contributed by atoms with Gasteiger partial charge >= 0.3 is 16.4 Å². The summed E-state index contributed by atoms with van der Waals surface area (Å²) in [6.45, 7) is 5.01. The molecule has 0 saturated carbocycles. The lowest BCUT2D eigenvalue weighted by atomic mass is 10.0. The summed E-state index contributed by atoms with van der Waals surface area (Å²) in [6, 6.07) is 8.58. The van der Waals surface area contributed by atoms with Crippen LogP contribution in [0.1, 0.15) is 35.9 Å². The van der Waals surface area contributed by atoms with Crippen molar-refractivity contribution in [1.29, 1.82) is 0 Å². The Balaban J connectivity index is 0.000000284. The van der Waals surface area contributed by atoms with Gasteiger partial charge in [0.15, 0.2) is 0 Å². The number of aliphatic carboxylic acids is 1. The zero-order chi connectivity index (χ0) is 21.6. The summed E-state index contributed by atoms with van der Waals surface area (Å²) in [5.41, 5.74) is 1.90. The molecule has 0 saturated heterocycles. The Bertz CT molecular complexity index is 928. The van der Waals surface area contributed by atoms with Crippen LogP contribution >= 0.6 is 22.9 Å². The third kappa shape index (κ3) is 7.36. The van der Waals surface area contributed by atoms with E-state index in [-0.39, 0.29) is 12.5 Å². The quantitative estimate of drug-likeness (QED) is 0.625. The first kappa shape index (κ1) is 23.8. The average Bonchev–Trinajstić information content (AvgIpc) is 3.09. The molecule has 1 aliphatic rings. The highest BCUT2D eigenvalue weighted by atomic mass is 35.5. The Labute approximate surface area is 179 Å². The minimum absolute atomic E-state index is 0.0266. The number of hydrogen-bond donors (Lipinski definition) is 2. The van der Waals surface area contributed by atoms with Crippen LogP contribution in [0.5, 0.6) is 0 Å². The molecule has 0 fully saturated rings. The Morgan fingerprint density at radius 2 is 2.00 bits per heavy atom. The van der Waals surface area contributed by atoms with Crippen LogP contribution in [0.15, 0.2) is 35.7 Å². The van der Waals surface area contributed by atoms with Crippen LogP contribution in [0.2, 0.25) is 5.02 Å². The standard InChI is InChI=1S/C15H14ClNO2S.C4H10O4S/c16-12-4-2-1-3-11(12)14(15(18)19)17-7-5-13-10(9-17)6-8-20-13;1-4(2)3-8-9(5,6)7/h1-4,6,8,14H,5,7,9H2,(H,18,19);4H,3H2,1-2H3,(H,5,6,7)/t14-;/m0./s1. The van der Waals surface area contributed by atoms with Crippen molar-refractivity contribution in [2.45, 2.75) is 32.9 Å². The van der Waals surface area contributed by atoms with Crippen LogP contribution in [0.25, 0.3) is 0 Å². The van der Waals surface area contributed by atoms with Crippen LogP contribution in [0, 0.1) is 5.92 Å². The Morgan fingerprint density at radius 3 is 2.55 bits per heavy atom. The highest BCUT2D eigenvalue weighted by Gasteiger charge is 2.31. The normalized spacial score (nSPS) is 15.3. The number of halogens is 1. The molecule has 2 aromatic rings. The smallest absolute Gasteiger partial charge is 0.397 e. The van der Waals surface area contributed by atoms with Crippen molar-refractivity contribution in [3.63, 3.8) is 0 Å². The molecule has 0 unspecified atom stereocenters. The lowest BCUT2D eigenvalue weighted by Crippen LogP contribution is -2.37. The molecule has 3 rings (SSSR count). The van der Waals surface area contributed by atoms with E-state index >= 15 is 0 Å². The van der Waals surface area contributed by atoms with Gasteiger partial charge < -0.3 is 5.11 Å². The summed E-state index contributed by atoms with van der Waals surface area (Å²) in [7, 11) is -4.22. The molecular weight excluding hydrogens is 438 g/mol. The zero-order valence-corrected chi connectivity index (χ0v) is 18.5. The fourth-order valence-corrected chi connectivity index (χ4v) is 4.47. The molecule has 2 N–H and O–H groups in total. The molecule has 1 aromatic heterocycles. The van der Waals surface area contributed by atoms with Crippen LogP contribution in [-0.4, -0.2) is 42.1 Å². The summed E-state index contributed by atoms with van der Waals surface area (Å²) in [5.74, 6) is -0.747. The van der Waals surface area contributed by atoms with Crippen LogP contribution in [-0.2, 0) is 32.3 Å². The second kappa shape index (κ2) is 10.5. The van der Waals surface area contributed by atoms with E-state index in [4.69, 9.17) is 16.2 Å². The molecular formula is C19H24ClNO6S2. The van der Waals surface area contributed by atoms with Gasteiger partial charge in [0.1, 0.15) is 6.04 Å². The summed E-state index contributed by atoms with van der Waals surface area (Å²) in [4.78, 5) is 15.1. The lowest BCUT2D eigenvalue weighted by Gasteiger charge is -2.32. The molecule has 7 nitrogen and oxygen atoms in total. The van der Waals surface area contributed by atoms with E-state index in [1.807, 2.05) is 17.0 Å². The SMILES string of the molecule is CC(C)COS(=O)(=O)O.O=C(O)[C@H](c1ccccc1Cl)N1CCc2sccc2C1. The molecule has 1 atom stereocenters. The number of carboxylic acid groups (broad SMARTS) is 1. The summed E-state index contributed by atoms with van der Waals surface area (Å²) < 4.78 is 31.8. The van der Waals surface area contributed by atoms with Crippen molar-refractivity contribution in [2.75, 3.05) is 13.2 Å². The van der Waals surface area contributed by atoms with E-state index in [1.54, 1.807) is 37.3 Å². The minimum Gasteiger partial charge on any atom is -0.480 e. The maximum absolute atomic E-state index is 11.7. The van der Waals surface area contributed by atoms with Crippen molar-refractivity contribution >= 4 is 39.3 Å². The van der Waals surface area contributed by atoms with Crippen LogP contribution in [0.3, 0.4) is 0 Å². The largest absolute Gasteiger partial charge is 0.480 e.